The first-order valence-corrected chi connectivity index (χ1v) is 7.91. The summed E-state index contributed by atoms with van der Waals surface area (Å²) in [5.74, 6) is 1.38. The van der Waals surface area contributed by atoms with Crippen LogP contribution in [-0.4, -0.2) is 37.3 Å². The molecule has 0 radical (unpaired) electrons. The number of benzene rings is 1. The number of aromatic nitrogens is 4. The van der Waals surface area contributed by atoms with Crippen LogP contribution in [0.4, 0.5) is 5.82 Å². The fourth-order valence-corrected chi connectivity index (χ4v) is 2.47. The van der Waals surface area contributed by atoms with Crippen LogP contribution in [0.1, 0.15) is 24.6 Å². The molecule has 2 heterocycles. The molecule has 2 N–H and O–H groups in total. The lowest BCUT2D eigenvalue weighted by Crippen LogP contribution is -2.21. The second-order valence-corrected chi connectivity index (χ2v) is 5.52. The van der Waals surface area contributed by atoms with E-state index in [0.29, 0.717) is 18.7 Å². The lowest BCUT2D eigenvalue weighted by molar-refractivity contribution is 0.177. The summed E-state index contributed by atoms with van der Waals surface area (Å²) < 4.78 is 1.66. The third kappa shape index (κ3) is 3.84. The molecule has 0 bridgehead atoms. The van der Waals surface area contributed by atoms with Crippen LogP contribution in [0.25, 0.3) is 5.78 Å². The first-order valence-electron chi connectivity index (χ1n) is 7.91. The van der Waals surface area contributed by atoms with E-state index in [1.54, 1.807) is 4.52 Å². The van der Waals surface area contributed by atoms with E-state index < -0.39 is 6.10 Å². The minimum atomic E-state index is -0.424. The van der Waals surface area contributed by atoms with Crippen molar-refractivity contribution in [1.82, 2.24) is 19.6 Å². The fraction of sp³-hybridized carbons (Fsp3) is 0.353. The van der Waals surface area contributed by atoms with Crippen LogP contribution in [0.3, 0.4) is 0 Å². The van der Waals surface area contributed by atoms with Gasteiger partial charge in [-0.3, -0.25) is 0 Å². The summed E-state index contributed by atoms with van der Waals surface area (Å²) in [6.45, 7) is 2.52. The van der Waals surface area contributed by atoms with Crippen molar-refractivity contribution in [2.45, 2.75) is 32.3 Å². The molecule has 1 aromatic carbocycles. The molecule has 2 aromatic heterocycles. The van der Waals surface area contributed by atoms with Crippen LogP contribution >= 0.6 is 0 Å². The highest BCUT2D eigenvalue weighted by Gasteiger charge is 2.09. The number of rotatable bonds is 7. The second-order valence-electron chi connectivity index (χ2n) is 5.52. The monoisotopic (exact) mass is 311 g/mol. The Morgan fingerprint density at radius 1 is 1.26 bits per heavy atom. The normalized spacial score (nSPS) is 12.4. The molecule has 0 spiro atoms. The van der Waals surface area contributed by atoms with Crippen molar-refractivity contribution >= 4 is 11.6 Å². The Bertz CT molecular complexity index is 756. The molecule has 0 aliphatic rings. The fourth-order valence-electron chi connectivity index (χ4n) is 2.47. The smallest absolute Gasteiger partial charge is 0.254 e. The van der Waals surface area contributed by atoms with Crippen molar-refractivity contribution in [3.63, 3.8) is 0 Å². The maximum atomic E-state index is 10.2. The zero-order valence-corrected chi connectivity index (χ0v) is 13.2. The number of hydrogen-bond donors (Lipinski definition) is 2. The summed E-state index contributed by atoms with van der Waals surface area (Å²) in [6, 6.07) is 12.1. The molecule has 0 aliphatic heterocycles. The molecule has 0 amide bonds. The highest BCUT2D eigenvalue weighted by atomic mass is 16.3. The molecule has 3 rings (SSSR count). The van der Waals surface area contributed by atoms with Gasteiger partial charge in [-0.2, -0.15) is 14.6 Å². The predicted octanol–water partition coefficient (Wildman–Crippen LogP) is 2.09. The van der Waals surface area contributed by atoms with Crippen molar-refractivity contribution in [3.8, 4) is 0 Å². The molecule has 1 atom stereocenters. The Kier molecular flexibility index (Phi) is 4.83. The summed E-state index contributed by atoms with van der Waals surface area (Å²) >= 11 is 0. The maximum absolute atomic E-state index is 10.2. The van der Waals surface area contributed by atoms with Crippen LogP contribution in [-0.2, 0) is 12.8 Å². The Morgan fingerprint density at radius 2 is 2.09 bits per heavy atom. The van der Waals surface area contributed by atoms with Gasteiger partial charge in [0.1, 0.15) is 12.1 Å². The minimum absolute atomic E-state index is 0.424. The SMILES string of the molecule is CCc1cc(NCC(O)CCc2ccccc2)n2ncnc2n1. The van der Waals surface area contributed by atoms with E-state index in [0.717, 1.165) is 24.4 Å². The van der Waals surface area contributed by atoms with Crippen LogP contribution in [0, 0.1) is 0 Å². The van der Waals surface area contributed by atoms with Crippen molar-refractivity contribution in [1.29, 1.82) is 0 Å². The molecule has 6 nitrogen and oxygen atoms in total. The van der Waals surface area contributed by atoms with Gasteiger partial charge >= 0.3 is 0 Å². The van der Waals surface area contributed by atoms with E-state index in [9.17, 15) is 5.11 Å². The Morgan fingerprint density at radius 3 is 2.87 bits per heavy atom. The summed E-state index contributed by atoms with van der Waals surface area (Å²) in [6.07, 6.45) is 3.46. The molecular weight excluding hydrogens is 290 g/mol. The summed E-state index contributed by atoms with van der Waals surface area (Å²) in [5.41, 5.74) is 2.19. The highest BCUT2D eigenvalue weighted by molar-refractivity contribution is 5.45. The number of aryl methyl sites for hydroxylation is 2. The van der Waals surface area contributed by atoms with Gasteiger partial charge in [0.05, 0.1) is 6.10 Å². The van der Waals surface area contributed by atoms with Gasteiger partial charge < -0.3 is 10.4 Å². The van der Waals surface area contributed by atoms with E-state index in [-0.39, 0.29) is 0 Å². The van der Waals surface area contributed by atoms with E-state index >= 15 is 0 Å². The van der Waals surface area contributed by atoms with Gasteiger partial charge in [0.15, 0.2) is 0 Å². The molecule has 0 fully saturated rings. The van der Waals surface area contributed by atoms with E-state index in [2.05, 4.69) is 32.5 Å². The Balaban J connectivity index is 1.60. The standard InChI is InChI=1S/C17H21N5O/c1-2-14-10-16(22-17(21-14)19-12-20-22)18-11-15(23)9-8-13-6-4-3-5-7-13/h3-7,10,12,15,18,23H,2,8-9,11H2,1H3. The van der Waals surface area contributed by atoms with Gasteiger partial charge in [0, 0.05) is 18.3 Å². The lowest BCUT2D eigenvalue weighted by Gasteiger charge is -2.14. The van der Waals surface area contributed by atoms with Crippen molar-refractivity contribution < 1.29 is 5.11 Å². The molecule has 6 heteroatoms. The van der Waals surface area contributed by atoms with Gasteiger partial charge in [-0.1, -0.05) is 37.3 Å². The van der Waals surface area contributed by atoms with Crippen LogP contribution in [0.2, 0.25) is 0 Å². The first-order chi connectivity index (χ1) is 11.3. The number of hydrogen-bond acceptors (Lipinski definition) is 5. The number of aliphatic hydroxyl groups is 1. The molecular formula is C17H21N5O. The molecule has 23 heavy (non-hydrogen) atoms. The molecule has 120 valence electrons. The van der Waals surface area contributed by atoms with E-state index in [4.69, 9.17) is 0 Å². The first kappa shape index (κ1) is 15.4. The molecule has 3 aromatic rings. The number of anilines is 1. The Hall–Kier alpha value is -2.47. The predicted molar refractivity (Wildman–Crippen MR) is 89.4 cm³/mol. The average molecular weight is 311 g/mol. The van der Waals surface area contributed by atoms with Crippen LogP contribution in [0.15, 0.2) is 42.7 Å². The third-order valence-electron chi connectivity index (χ3n) is 3.79. The largest absolute Gasteiger partial charge is 0.391 e. The maximum Gasteiger partial charge on any atom is 0.254 e. The quantitative estimate of drug-likeness (QED) is 0.699. The van der Waals surface area contributed by atoms with E-state index in [1.165, 1.54) is 11.9 Å². The lowest BCUT2D eigenvalue weighted by atomic mass is 10.1. The van der Waals surface area contributed by atoms with E-state index in [1.807, 2.05) is 31.2 Å². The summed E-state index contributed by atoms with van der Waals surface area (Å²) in [5, 5.41) is 17.6. The minimum Gasteiger partial charge on any atom is -0.391 e. The van der Waals surface area contributed by atoms with Gasteiger partial charge in [0.25, 0.3) is 5.78 Å². The number of nitrogens with zero attached hydrogens (tertiary/aromatic N) is 4. The van der Waals surface area contributed by atoms with Gasteiger partial charge in [-0.25, -0.2) is 4.98 Å². The number of nitrogens with one attached hydrogen (secondary N) is 1. The van der Waals surface area contributed by atoms with Gasteiger partial charge in [-0.05, 0) is 24.8 Å². The molecule has 1 unspecified atom stereocenters. The van der Waals surface area contributed by atoms with Crippen molar-refractivity contribution in [2.75, 3.05) is 11.9 Å². The zero-order valence-electron chi connectivity index (χ0n) is 13.2. The van der Waals surface area contributed by atoms with Crippen molar-refractivity contribution in [3.05, 3.63) is 54.0 Å². The average Bonchev–Trinajstić information content (AvgIpc) is 3.07. The summed E-state index contributed by atoms with van der Waals surface area (Å²) in [4.78, 5) is 8.53. The highest BCUT2D eigenvalue weighted by Crippen LogP contribution is 2.12. The molecule has 0 saturated carbocycles. The Labute approximate surface area is 135 Å². The zero-order chi connectivity index (χ0) is 16.1. The molecule has 0 saturated heterocycles. The van der Waals surface area contributed by atoms with Crippen LogP contribution < -0.4 is 5.32 Å². The molecule has 0 aliphatic carbocycles. The topological polar surface area (TPSA) is 75.3 Å². The van der Waals surface area contributed by atoms with Crippen molar-refractivity contribution in [2.24, 2.45) is 0 Å². The van der Waals surface area contributed by atoms with Gasteiger partial charge in [0.2, 0.25) is 0 Å². The number of aliphatic hydroxyl groups excluding tert-OH is 1. The van der Waals surface area contributed by atoms with Crippen LogP contribution in [0.5, 0.6) is 0 Å². The second kappa shape index (κ2) is 7.19. The third-order valence-corrected chi connectivity index (χ3v) is 3.79. The summed E-state index contributed by atoms with van der Waals surface area (Å²) in [7, 11) is 0. The number of fused-ring (bicyclic) bond motifs is 1. The van der Waals surface area contributed by atoms with Gasteiger partial charge in [-0.15, -0.1) is 0 Å².